The van der Waals surface area contributed by atoms with E-state index in [1.807, 2.05) is 0 Å². The van der Waals surface area contributed by atoms with Crippen molar-refractivity contribution in [2.45, 2.75) is 26.4 Å². The van der Waals surface area contributed by atoms with E-state index in [2.05, 4.69) is 4.89 Å². The van der Waals surface area contributed by atoms with E-state index in [9.17, 15) is 18.0 Å². The summed E-state index contributed by atoms with van der Waals surface area (Å²) in [7, 11) is 1.04. The lowest BCUT2D eigenvalue weighted by Gasteiger charge is -2.14. The van der Waals surface area contributed by atoms with Crippen LogP contribution in [-0.2, 0) is 34.1 Å². The number of halogens is 7. The number of rotatable bonds is 7. The zero-order valence-corrected chi connectivity index (χ0v) is 18.2. The van der Waals surface area contributed by atoms with E-state index in [0.29, 0.717) is 11.2 Å². The third kappa shape index (κ3) is 4.96. The van der Waals surface area contributed by atoms with Gasteiger partial charge < -0.3 is 9.30 Å². The molecule has 30 heavy (non-hydrogen) atoms. The smallest absolute Gasteiger partial charge is 0.381 e. The number of benzene rings is 1. The van der Waals surface area contributed by atoms with E-state index in [4.69, 9.17) is 44.4 Å². The molecule has 0 radical (unpaired) electrons. The molecular weight excluding hydrogens is 477 g/mol. The van der Waals surface area contributed by atoms with Crippen molar-refractivity contribution in [2.75, 3.05) is 13.2 Å². The average molecular weight is 493 g/mol. The maximum atomic E-state index is 15.3. The lowest BCUT2D eigenvalue weighted by atomic mass is 10.0. The monoisotopic (exact) mass is 491 g/mol. The van der Waals surface area contributed by atoms with Gasteiger partial charge in [0.25, 0.3) is 0 Å². The number of ether oxygens (including phenoxy) is 1. The molecule has 166 valence electrons. The van der Waals surface area contributed by atoms with Crippen LogP contribution in [0.5, 0.6) is 5.75 Å². The Labute approximate surface area is 184 Å². The van der Waals surface area contributed by atoms with E-state index in [1.165, 1.54) is 0 Å². The van der Waals surface area contributed by atoms with Gasteiger partial charge in [0, 0.05) is 43.7 Å². The molecule has 0 saturated heterocycles. The molecule has 0 spiro atoms. The SMILES string of the molecule is CCOCCc1c(F)c(-c2c(Cl)c(C(F)(F)F)n(C)c2Cl)cc(OOC(C)=O)c1Cl. The molecular formula is C18H16Cl3F4NO4. The first-order chi connectivity index (χ1) is 13.9. The summed E-state index contributed by atoms with van der Waals surface area (Å²) >= 11 is 18.2. The molecule has 5 nitrogen and oxygen atoms in total. The first-order valence-corrected chi connectivity index (χ1v) is 9.60. The minimum atomic E-state index is -4.84. The Kier molecular flexibility index (Phi) is 7.90. The van der Waals surface area contributed by atoms with Crippen molar-refractivity contribution in [2.24, 2.45) is 7.05 Å². The van der Waals surface area contributed by atoms with Crippen LogP contribution in [0.2, 0.25) is 15.2 Å². The number of nitrogens with zero attached hydrogens (tertiary/aromatic N) is 1. The van der Waals surface area contributed by atoms with Gasteiger partial charge in [-0.1, -0.05) is 34.8 Å². The van der Waals surface area contributed by atoms with Crippen LogP contribution in [0.1, 0.15) is 25.1 Å². The zero-order chi connectivity index (χ0) is 22.8. The van der Waals surface area contributed by atoms with E-state index >= 15 is 4.39 Å². The Morgan fingerprint density at radius 1 is 1.20 bits per heavy atom. The minimum absolute atomic E-state index is 0.0447. The van der Waals surface area contributed by atoms with Gasteiger partial charge in [0.1, 0.15) is 16.7 Å². The first-order valence-electron chi connectivity index (χ1n) is 8.46. The van der Waals surface area contributed by atoms with E-state index in [1.54, 1.807) is 6.92 Å². The second-order valence-electron chi connectivity index (χ2n) is 6.02. The van der Waals surface area contributed by atoms with Gasteiger partial charge in [-0.2, -0.15) is 13.2 Å². The van der Waals surface area contributed by atoms with Crippen LogP contribution in [0.3, 0.4) is 0 Å². The Morgan fingerprint density at radius 3 is 2.33 bits per heavy atom. The Balaban J connectivity index is 2.74. The fourth-order valence-corrected chi connectivity index (χ4v) is 3.73. The molecule has 0 unspecified atom stereocenters. The molecule has 0 aliphatic heterocycles. The molecule has 0 aliphatic carbocycles. The fraction of sp³-hybridized carbons (Fsp3) is 0.389. The van der Waals surface area contributed by atoms with Crippen LogP contribution in [0, 0.1) is 5.82 Å². The van der Waals surface area contributed by atoms with Crippen molar-refractivity contribution in [3.63, 3.8) is 0 Å². The number of carbonyl (C=O) groups excluding carboxylic acids is 1. The lowest BCUT2D eigenvalue weighted by Crippen LogP contribution is -2.11. The van der Waals surface area contributed by atoms with Crippen molar-refractivity contribution in [1.29, 1.82) is 0 Å². The summed E-state index contributed by atoms with van der Waals surface area (Å²) < 4.78 is 61.2. The summed E-state index contributed by atoms with van der Waals surface area (Å²) in [5.74, 6) is -2.10. The van der Waals surface area contributed by atoms with Gasteiger partial charge in [-0.25, -0.2) is 9.18 Å². The predicted molar refractivity (Wildman–Crippen MR) is 103 cm³/mol. The molecule has 0 fully saturated rings. The number of carbonyl (C=O) groups is 1. The van der Waals surface area contributed by atoms with Gasteiger partial charge in [0.2, 0.25) is 0 Å². The van der Waals surface area contributed by atoms with Gasteiger partial charge >= 0.3 is 12.1 Å². The maximum Gasteiger partial charge on any atom is 0.432 e. The lowest BCUT2D eigenvalue weighted by molar-refractivity contribution is -0.210. The molecule has 1 aromatic heterocycles. The molecule has 2 aromatic rings. The van der Waals surface area contributed by atoms with Crippen molar-refractivity contribution in [3.8, 4) is 16.9 Å². The molecule has 0 bridgehead atoms. The van der Waals surface area contributed by atoms with Gasteiger partial charge in [-0.3, -0.25) is 9.78 Å². The summed E-state index contributed by atoms with van der Waals surface area (Å²) in [6, 6.07) is 0.956. The van der Waals surface area contributed by atoms with E-state index in [-0.39, 0.29) is 29.4 Å². The highest BCUT2D eigenvalue weighted by atomic mass is 35.5. The Hall–Kier alpha value is -1.68. The summed E-state index contributed by atoms with van der Waals surface area (Å²) in [6.07, 6.45) is -4.89. The summed E-state index contributed by atoms with van der Waals surface area (Å²) in [6.45, 7) is 3.19. The zero-order valence-electron chi connectivity index (χ0n) is 15.9. The molecule has 0 N–H and O–H groups in total. The van der Waals surface area contributed by atoms with Gasteiger partial charge in [-0.15, -0.1) is 0 Å². The largest absolute Gasteiger partial charge is 0.432 e. The fourth-order valence-electron chi connectivity index (χ4n) is 2.72. The molecule has 1 heterocycles. The third-order valence-electron chi connectivity index (χ3n) is 4.01. The molecule has 0 aliphatic rings. The Bertz CT molecular complexity index is 960. The van der Waals surface area contributed by atoms with Crippen LogP contribution in [0.15, 0.2) is 6.07 Å². The standard InChI is InChI=1S/C18H16Cl3F4NO4/c1-4-28-6-5-9-13(19)11(30-29-8(2)27)7-10(15(9)22)12-14(20)16(18(23,24)25)26(3)17(12)21/h7H,4-6H2,1-3H3. The van der Waals surface area contributed by atoms with Gasteiger partial charge in [-0.05, 0) is 13.0 Å². The van der Waals surface area contributed by atoms with Crippen molar-refractivity contribution in [3.05, 3.63) is 38.3 Å². The number of hydrogen-bond acceptors (Lipinski definition) is 4. The highest BCUT2D eigenvalue weighted by Gasteiger charge is 2.40. The highest BCUT2D eigenvalue weighted by Crippen LogP contribution is 2.48. The number of aromatic nitrogens is 1. The van der Waals surface area contributed by atoms with Crippen molar-refractivity contribution >= 4 is 40.8 Å². The van der Waals surface area contributed by atoms with Crippen molar-refractivity contribution in [1.82, 2.24) is 4.57 Å². The van der Waals surface area contributed by atoms with Gasteiger partial charge in [0.15, 0.2) is 5.75 Å². The molecule has 1 aromatic carbocycles. The van der Waals surface area contributed by atoms with Crippen LogP contribution in [0.25, 0.3) is 11.1 Å². The van der Waals surface area contributed by atoms with Crippen LogP contribution < -0.4 is 4.89 Å². The number of alkyl halides is 3. The van der Waals surface area contributed by atoms with Crippen LogP contribution in [0.4, 0.5) is 17.6 Å². The summed E-state index contributed by atoms with van der Waals surface area (Å²) in [5, 5.41) is -1.50. The molecule has 0 amide bonds. The van der Waals surface area contributed by atoms with Gasteiger partial charge in [0.05, 0.1) is 16.7 Å². The van der Waals surface area contributed by atoms with Crippen LogP contribution in [-0.4, -0.2) is 23.8 Å². The third-order valence-corrected chi connectivity index (χ3v) is 5.23. The average Bonchev–Trinajstić information content (AvgIpc) is 2.86. The topological polar surface area (TPSA) is 49.7 Å². The van der Waals surface area contributed by atoms with Crippen molar-refractivity contribution < 1.29 is 36.9 Å². The van der Waals surface area contributed by atoms with E-state index in [0.717, 1.165) is 20.0 Å². The first kappa shape index (κ1) is 24.6. The van der Waals surface area contributed by atoms with Crippen LogP contribution >= 0.6 is 34.8 Å². The minimum Gasteiger partial charge on any atom is -0.381 e. The molecule has 0 saturated carbocycles. The van der Waals surface area contributed by atoms with E-state index < -0.39 is 45.0 Å². The second kappa shape index (κ2) is 9.64. The highest BCUT2D eigenvalue weighted by molar-refractivity contribution is 6.40. The summed E-state index contributed by atoms with van der Waals surface area (Å²) in [4.78, 5) is 20.3. The quantitative estimate of drug-likeness (QED) is 0.199. The predicted octanol–water partition coefficient (Wildman–Crippen LogP) is 6.25. The second-order valence-corrected chi connectivity index (χ2v) is 7.13. The number of hydrogen-bond donors (Lipinski definition) is 0. The molecule has 12 heteroatoms. The summed E-state index contributed by atoms with van der Waals surface area (Å²) in [5.41, 5.74) is -2.20. The Morgan fingerprint density at radius 2 is 1.83 bits per heavy atom. The molecule has 0 atom stereocenters. The maximum absolute atomic E-state index is 15.3. The normalized spacial score (nSPS) is 11.7. The molecule has 2 rings (SSSR count).